The van der Waals surface area contributed by atoms with Gasteiger partial charge in [0.05, 0.1) is 9.82 Å². The molecule has 1 aromatic carbocycles. The molecule has 2 aliphatic heterocycles. The van der Waals surface area contributed by atoms with Gasteiger partial charge in [-0.15, -0.1) is 0 Å². The molecule has 2 fully saturated rings. The predicted molar refractivity (Wildman–Crippen MR) is 104 cm³/mol. The monoisotopic (exact) mass is 399 g/mol. The van der Waals surface area contributed by atoms with Crippen molar-refractivity contribution in [1.29, 1.82) is 0 Å². The van der Waals surface area contributed by atoms with Crippen LogP contribution in [0.1, 0.15) is 33.1 Å². The van der Waals surface area contributed by atoms with Crippen molar-refractivity contribution in [2.75, 3.05) is 30.3 Å². The van der Waals surface area contributed by atoms with Crippen LogP contribution in [0.3, 0.4) is 0 Å². The van der Waals surface area contributed by atoms with E-state index in [9.17, 15) is 18.5 Å². The maximum atomic E-state index is 12.9. The van der Waals surface area contributed by atoms with Crippen LogP contribution in [-0.2, 0) is 10.0 Å². The zero-order valence-electron chi connectivity index (χ0n) is 15.1. The molecule has 26 heavy (non-hydrogen) atoms. The maximum Gasteiger partial charge on any atom is 0.293 e. The van der Waals surface area contributed by atoms with Gasteiger partial charge in [0.2, 0.25) is 10.0 Å². The highest BCUT2D eigenvalue weighted by Gasteiger charge is 2.33. The van der Waals surface area contributed by atoms with Gasteiger partial charge in [-0.2, -0.15) is 16.1 Å². The molecule has 2 heterocycles. The molecule has 0 radical (unpaired) electrons. The normalized spacial score (nSPS) is 25.2. The number of nitro benzene ring substituents is 1. The van der Waals surface area contributed by atoms with Crippen molar-refractivity contribution < 1.29 is 13.3 Å². The van der Waals surface area contributed by atoms with E-state index in [-0.39, 0.29) is 16.6 Å². The highest BCUT2D eigenvalue weighted by Crippen LogP contribution is 2.37. The minimum absolute atomic E-state index is 0.0157. The van der Waals surface area contributed by atoms with Crippen LogP contribution < -0.4 is 4.90 Å². The Hall–Kier alpha value is -1.32. The van der Waals surface area contributed by atoms with Crippen LogP contribution in [0.4, 0.5) is 11.4 Å². The van der Waals surface area contributed by atoms with Gasteiger partial charge in [-0.1, -0.05) is 13.3 Å². The Morgan fingerprint density at radius 1 is 1.15 bits per heavy atom. The quantitative estimate of drug-likeness (QED) is 0.571. The number of piperidine rings is 1. The Labute approximate surface area is 158 Å². The van der Waals surface area contributed by atoms with Crippen molar-refractivity contribution in [1.82, 2.24) is 4.31 Å². The van der Waals surface area contributed by atoms with E-state index >= 15 is 0 Å². The second-order valence-electron chi connectivity index (χ2n) is 6.88. The lowest BCUT2D eigenvalue weighted by Crippen LogP contribution is -2.45. The van der Waals surface area contributed by atoms with Crippen LogP contribution in [-0.4, -0.2) is 54.3 Å². The van der Waals surface area contributed by atoms with Gasteiger partial charge < -0.3 is 4.90 Å². The van der Waals surface area contributed by atoms with E-state index < -0.39 is 14.9 Å². The summed E-state index contributed by atoms with van der Waals surface area (Å²) >= 11 is 1.85. The van der Waals surface area contributed by atoms with Gasteiger partial charge in [0.15, 0.2) is 0 Å². The molecule has 1 aromatic rings. The molecule has 7 nitrogen and oxygen atoms in total. The van der Waals surface area contributed by atoms with Crippen molar-refractivity contribution in [3.05, 3.63) is 28.3 Å². The average molecular weight is 400 g/mol. The SMILES string of the molecule is CC1SCCN(c2ccc(S(=O)(=O)N3CCCCC3)cc2[N+](=O)[O-])C1C. The van der Waals surface area contributed by atoms with Crippen molar-refractivity contribution in [3.63, 3.8) is 0 Å². The predicted octanol–water partition coefficient (Wildman–Crippen LogP) is 3.10. The summed E-state index contributed by atoms with van der Waals surface area (Å²) in [7, 11) is -3.68. The Balaban J connectivity index is 1.98. The molecule has 0 aliphatic carbocycles. The molecule has 0 spiro atoms. The second-order valence-corrected chi connectivity index (χ2v) is 10.3. The van der Waals surface area contributed by atoms with Gasteiger partial charge in [-0.05, 0) is 31.9 Å². The van der Waals surface area contributed by atoms with Crippen molar-refractivity contribution in [2.24, 2.45) is 0 Å². The minimum Gasteiger partial charge on any atom is -0.361 e. The van der Waals surface area contributed by atoms with Crippen molar-refractivity contribution in [3.8, 4) is 0 Å². The van der Waals surface area contributed by atoms with E-state index in [1.54, 1.807) is 6.07 Å². The summed E-state index contributed by atoms with van der Waals surface area (Å²) in [6.45, 7) is 5.85. The highest BCUT2D eigenvalue weighted by molar-refractivity contribution is 8.00. The molecule has 0 amide bonds. The molecule has 2 unspecified atom stereocenters. The lowest BCUT2D eigenvalue weighted by atomic mass is 10.1. The van der Waals surface area contributed by atoms with Gasteiger partial charge in [-0.3, -0.25) is 10.1 Å². The molecule has 2 saturated heterocycles. The first-order valence-corrected chi connectivity index (χ1v) is 11.5. The van der Waals surface area contributed by atoms with Crippen LogP contribution in [0.25, 0.3) is 0 Å². The van der Waals surface area contributed by atoms with Crippen LogP contribution in [0.2, 0.25) is 0 Å². The lowest BCUT2D eigenvalue weighted by Gasteiger charge is -2.38. The first-order valence-electron chi connectivity index (χ1n) is 8.99. The number of nitro groups is 1. The summed E-state index contributed by atoms with van der Waals surface area (Å²) in [5.74, 6) is 0.899. The fourth-order valence-corrected chi connectivity index (χ4v) is 6.22. The van der Waals surface area contributed by atoms with E-state index in [1.165, 1.54) is 16.4 Å². The minimum atomic E-state index is -3.68. The van der Waals surface area contributed by atoms with Crippen LogP contribution in [0.5, 0.6) is 0 Å². The second kappa shape index (κ2) is 7.74. The molecule has 2 aliphatic rings. The van der Waals surface area contributed by atoms with Crippen molar-refractivity contribution in [2.45, 2.75) is 49.3 Å². The highest BCUT2D eigenvalue weighted by atomic mass is 32.2. The average Bonchev–Trinajstić information content (AvgIpc) is 2.64. The zero-order chi connectivity index (χ0) is 18.9. The number of thioether (sulfide) groups is 1. The number of sulfonamides is 1. The third kappa shape index (κ3) is 3.70. The molecule has 3 rings (SSSR count). The summed E-state index contributed by atoms with van der Waals surface area (Å²) < 4.78 is 27.1. The first-order chi connectivity index (χ1) is 12.3. The maximum absolute atomic E-state index is 12.9. The smallest absolute Gasteiger partial charge is 0.293 e. The third-order valence-electron chi connectivity index (χ3n) is 5.29. The number of hydrogen-bond donors (Lipinski definition) is 0. The summed E-state index contributed by atoms with van der Waals surface area (Å²) in [6, 6.07) is 4.51. The van der Waals surface area contributed by atoms with Gasteiger partial charge >= 0.3 is 0 Å². The fourth-order valence-electron chi connectivity index (χ4n) is 3.58. The van der Waals surface area contributed by atoms with E-state index in [2.05, 4.69) is 13.8 Å². The van der Waals surface area contributed by atoms with Crippen LogP contribution in [0, 0.1) is 10.1 Å². The number of hydrogen-bond acceptors (Lipinski definition) is 6. The standard InChI is InChI=1S/C17H25N3O4S2/c1-13-14(2)25-11-10-19(13)16-7-6-15(12-17(16)20(21)22)26(23,24)18-8-4-3-5-9-18/h6-7,12-14H,3-5,8-11H2,1-2H3. The number of nitrogens with zero attached hydrogens (tertiary/aromatic N) is 3. The Bertz CT molecular complexity index is 778. The fraction of sp³-hybridized carbons (Fsp3) is 0.647. The molecule has 0 saturated carbocycles. The van der Waals surface area contributed by atoms with Crippen LogP contribution in [0.15, 0.2) is 23.1 Å². The Morgan fingerprint density at radius 3 is 2.50 bits per heavy atom. The van der Waals surface area contributed by atoms with Gasteiger partial charge in [-0.25, -0.2) is 8.42 Å². The summed E-state index contributed by atoms with van der Waals surface area (Å²) in [5, 5.41) is 12.0. The first kappa shape index (κ1) is 19.4. The summed E-state index contributed by atoms with van der Waals surface area (Å²) in [6.07, 6.45) is 2.69. The van der Waals surface area contributed by atoms with E-state index in [1.807, 2.05) is 16.7 Å². The van der Waals surface area contributed by atoms with Crippen LogP contribution >= 0.6 is 11.8 Å². The number of anilines is 1. The number of rotatable bonds is 4. The van der Waals surface area contributed by atoms with Gasteiger partial charge in [0, 0.05) is 42.7 Å². The molecular weight excluding hydrogens is 374 g/mol. The van der Waals surface area contributed by atoms with Gasteiger partial charge in [0.25, 0.3) is 5.69 Å². The van der Waals surface area contributed by atoms with Gasteiger partial charge in [0.1, 0.15) is 5.69 Å². The van der Waals surface area contributed by atoms with Crippen molar-refractivity contribution >= 4 is 33.2 Å². The summed E-state index contributed by atoms with van der Waals surface area (Å²) in [5.41, 5.74) is 0.376. The largest absolute Gasteiger partial charge is 0.361 e. The Morgan fingerprint density at radius 2 is 1.85 bits per heavy atom. The zero-order valence-corrected chi connectivity index (χ0v) is 16.8. The van der Waals surface area contributed by atoms with E-state index in [4.69, 9.17) is 0 Å². The van der Waals surface area contributed by atoms with E-state index in [0.29, 0.717) is 24.0 Å². The molecular formula is C17H25N3O4S2. The molecule has 144 valence electrons. The van der Waals surface area contributed by atoms with E-state index in [0.717, 1.165) is 31.6 Å². The number of benzene rings is 1. The Kier molecular flexibility index (Phi) is 5.78. The molecule has 2 atom stereocenters. The molecule has 0 N–H and O–H groups in total. The third-order valence-corrected chi connectivity index (χ3v) is 8.52. The molecule has 0 bridgehead atoms. The summed E-state index contributed by atoms with van der Waals surface area (Å²) in [4.78, 5) is 13.2. The topological polar surface area (TPSA) is 83.8 Å². The lowest BCUT2D eigenvalue weighted by molar-refractivity contribution is -0.384. The molecule has 9 heteroatoms. The molecule has 0 aromatic heterocycles.